The molecule has 0 aliphatic carbocycles. The van der Waals surface area contributed by atoms with E-state index in [0.717, 1.165) is 0 Å². The van der Waals surface area contributed by atoms with Crippen molar-refractivity contribution in [1.29, 1.82) is 0 Å². The number of benzene rings is 2. The van der Waals surface area contributed by atoms with Crippen molar-refractivity contribution in [3.05, 3.63) is 53.8 Å². The number of nitrogens with one attached hydrogen (secondary N) is 1. The zero-order valence-electron chi connectivity index (χ0n) is 11.0. The summed E-state index contributed by atoms with van der Waals surface area (Å²) in [6.45, 7) is 0. The topological polar surface area (TPSA) is 64.3 Å². The molecule has 2 aromatic carbocycles. The van der Waals surface area contributed by atoms with E-state index in [1.165, 1.54) is 13.2 Å². The third-order valence-electron chi connectivity index (χ3n) is 2.81. The van der Waals surface area contributed by atoms with Gasteiger partial charge in [-0.15, -0.1) is 0 Å². The molecule has 2 aromatic rings. The van der Waals surface area contributed by atoms with Crippen LogP contribution in [0.3, 0.4) is 0 Å². The first kappa shape index (κ1) is 13.9. The molecule has 104 valence electrons. The summed E-state index contributed by atoms with van der Waals surface area (Å²) in [5.41, 5.74) is 7.02. The van der Waals surface area contributed by atoms with Gasteiger partial charge in [0.15, 0.2) is 0 Å². The Hall–Kier alpha value is -2.56. The molecule has 0 saturated carbocycles. The molecule has 0 aromatic heterocycles. The Morgan fingerprint density at radius 1 is 1.30 bits per heavy atom. The third kappa shape index (κ3) is 3.26. The first-order valence-electron chi connectivity index (χ1n) is 6.07. The monoisotopic (exact) mass is 274 g/mol. The molecule has 0 aliphatic heterocycles. The van der Waals surface area contributed by atoms with Crippen molar-refractivity contribution in [2.45, 2.75) is 6.42 Å². The number of nitrogens with two attached hydrogens (primary N) is 1. The highest BCUT2D eigenvalue weighted by molar-refractivity contribution is 5.94. The van der Waals surface area contributed by atoms with E-state index in [-0.39, 0.29) is 12.3 Å². The van der Waals surface area contributed by atoms with Gasteiger partial charge in [-0.3, -0.25) is 4.79 Å². The fourth-order valence-electron chi connectivity index (χ4n) is 1.82. The largest absolute Gasteiger partial charge is 0.494 e. The second-order valence-corrected chi connectivity index (χ2v) is 4.28. The van der Waals surface area contributed by atoms with Crippen LogP contribution in [0.5, 0.6) is 5.75 Å². The van der Waals surface area contributed by atoms with E-state index in [4.69, 9.17) is 10.5 Å². The summed E-state index contributed by atoms with van der Waals surface area (Å²) in [5.74, 6) is -0.253. The van der Waals surface area contributed by atoms with Crippen LogP contribution in [0.2, 0.25) is 0 Å². The highest BCUT2D eigenvalue weighted by atomic mass is 19.1. The maximum atomic E-state index is 13.5. The van der Waals surface area contributed by atoms with Crippen molar-refractivity contribution in [3.63, 3.8) is 0 Å². The lowest BCUT2D eigenvalue weighted by molar-refractivity contribution is -0.115. The number of nitrogen functional groups attached to an aromatic ring is 1. The van der Waals surface area contributed by atoms with Crippen LogP contribution < -0.4 is 15.8 Å². The summed E-state index contributed by atoms with van der Waals surface area (Å²) in [5, 5.41) is 2.68. The smallest absolute Gasteiger partial charge is 0.229 e. The van der Waals surface area contributed by atoms with Crippen LogP contribution in [0.1, 0.15) is 5.56 Å². The third-order valence-corrected chi connectivity index (χ3v) is 2.81. The lowest BCUT2D eigenvalue weighted by Crippen LogP contribution is -2.15. The van der Waals surface area contributed by atoms with Gasteiger partial charge in [0, 0.05) is 11.8 Å². The van der Waals surface area contributed by atoms with Gasteiger partial charge in [-0.2, -0.15) is 0 Å². The summed E-state index contributed by atoms with van der Waals surface area (Å²) < 4.78 is 18.6. The second-order valence-electron chi connectivity index (χ2n) is 4.28. The lowest BCUT2D eigenvalue weighted by Gasteiger charge is -2.11. The summed E-state index contributed by atoms with van der Waals surface area (Å²) in [6, 6.07) is 11.1. The Morgan fingerprint density at radius 2 is 2.05 bits per heavy atom. The molecule has 0 spiro atoms. The van der Waals surface area contributed by atoms with E-state index in [1.807, 2.05) is 0 Å². The number of hydrogen-bond donors (Lipinski definition) is 2. The summed E-state index contributed by atoms with van der Waals surface area (Å²) in [4.78, 5) is 11.9. The van der Waals surface area contributed by atoms with Crippen molar-refractivity contribution in [2.75, 3.05) is 18.2 Å². The highest BCUT2D eigenvalue weighted by Crippen LogP contribution is 2.26. The highest BCUT2D eigenvalue weighted by Gasteiger charge is 2.10. The molecule has 4 nitrogen and oxygen atoms in total. The van der Waals surface area contributed by atoms with E-state index in [9.17, 15) is 9.18 Å². The van der Waals surface area contributed by atoms with Gasteiger partial charge in [-0.1, -0.05) is 18.2 Å². The fraction of sp³-hybridized carbons (Fsp3) is 0.133. The van der Waals surface area contributed by atoms with Gasteiger partial charge in [0.05, 0.1) is 19.2 Å². The van der Waals surface area contributed by atoms with Gasteiger partial charge in [-0.05, 0) is 23.8 Å². The molecule has 0 unspecified atom stereocenters. The molecule has 3 N–H and O–H groups in total. The fourth-order valence-corrected chi connectivity index (χ4v) is 1.82. The zero-order chi connectivity index (χ0) is 14.5. The van der Waals surface area contributed by atoms with E-state index >= 15 is 0 Å². The molecular formula is C15H15FN2O2. The van der Waals surface area contributed by atoms with Crippen molar-refractivity contribution < 1.29 is 13.9 Å². The molecule has 0 fully saturated rings. The van der Waals surface area contributed by atoms with Gasteiger partial charge in [0.1, 0.15) is 11.6 Å². The Labute approximate surface area is 116 Å². The van der Waals surface area contributed by atoms with Gasteiger partial charge in [0.25, 0.3) is 0 Å². The number of amides is 1. The molecule has 0 atom stereocenters. The quantitative estimate of drug-likeness (QED) is 0.842. The molecule has 5 heteroatoms. The normalized spacial score (nSPS) is 10.1. The van der Waals surface area contributed by atoms with Gasteiger partial charge in [0.2, 0.25) is 5.91 Å². The molecule has 0 heterocycles. The van der Waals surface area contributed by atoms with Crippen LogP contribution in [0.4, 0.5) is 15.8 Å². The predicted octanol–water partition coefficient (Wildman–Crippen LogP) is 2.60. The predicted molar refractivity (Wildman–Crippen MR) is 76.1 cm³/mol. The number of ether oxygens (including phenoxy) is 1. The number of methoxy groups -OCH3 is 1. The zero-order valence-corrected chi connectivity index (χ0v) is 11.0. The Kier molecular flexibility index (Phi) is 4.20. The number of rotatable bonds is 4. The summed E-state index contributed by atoms with van der Waals surface area (Å²) >= 11 is 0. The maximum Gasteiger partial charge on any atom is 0.229 e. The molecule has 20 heavy (non-hydrogen) atoms. The minimum absolute atomic E-state index is 0.0415. The molecule has 2 rings (SSSR count). The van der Waals surface area contributed by atoms with Crippen molar-refractivity contribution >= 4 is 17.3 Å². The summed E-state index contributed by atoms with van der Waals surface area (Å²) in [6.07, 6.45) is -0.0415. The van der Waals surface area contributed by atoms with E-state index in [1.54, 1.807) is 36.4 Å². The lowest BCUT2D eigenvalue weighted by atomic mass is 10.1. The Morgan fingerprint density at radius 3 is 2.75 bits per heavy atom. The number of hydrogen-bond acceptors (Lipinski definition) is 3. The minimum Gasteiger partial charge on any atom is -0.494 e. The Balaban J connectivity index is 2.11. The first-order chi connectivity index (χ1) is 9.60. The number of carbonyl (C=O) groups excluding carboxylic acids is 1. The van der Waals surface area contributed by atoms with Crippen LogP contribution >= 0.6 is 0 Å². The van der Waals surface area contributed by atoms with Crippen LogP contribution in [0, 0.1) is 5.82 Å². The van der Waals surface area contributed by atoms with Crippen LogP contribution in [0.25, 0.3) is 0 Å². The average molecular weight is 274 g/mol. The second kappa shape index (κ2) is 6.06. The van der Waals surface area contributed by atoms with E-state index in [2.05, 4.69) is 5.32 Å². The number of anilines is 2. The number of halogens is 1. The SMILES string of the molecule is COc1cc(N)ccc1NC(=O)Cc1ccccc1F. The van der Waals surface area contributed by atoms with Crippen LogP contribution in [-0.4, -0.2) is 13.0 Å². The minimum atomic E-state index is -0.396. The standard InChI is InChI=1S/C15H15FN2O2/c1-20-14-9-11(17)6-7-13(14)18-15(19)8-10-4-2-3-5-12(10)16/h2-7,9H,8,17H2,1H3,(H,18,19). The van der Waals surface area contributed by atoms with E-state index in [0.29, 0.717) is 22.7 Å². The van der Waals surface area contributed by atoms with Gasteiger partial charge >= 0.3 is 0 Å². The van der Waals surface area contributed by atoms with Crippen molar-refractivity contribution in [1.82, 2.24) is 0 Å². The van der Waals surface area contributed by atoms with Crippen molar-refractivity contribution in [2.24, 2.45) is 0 Å². The van der Waals surface area contributed by atoms with Gasteiger partial charge in [-0.25, -0.2) is 4.39 Å². The number of carbonyl (C=O) groups is 1. The van der Waals surface area contributed by atoms with Gasteiger partial charge < -0.3 is 15.8 Å². The van der Waals surface area contributed by atoms with Crippen LogP contribution in [0.15, 0.2) is 42.5 Å². The molecular weight excluding hydrogens is 259 g/mol. The van der Waals surface area contributed by atoms with Crippen LogP contribution in [-0.2, 0) is 11.2 Å². The van der Waals surface area contributed by atoms with E-state index < -0.39 is 5.82 Å². The molecule has 0 aliphatic rings. The molecule has 0 saturated heterocycles. The molecule has 0 bridgehead atoms. The maximum absolute atomic E-state index is 13.5. The summed E-state index contributed by atoms with van der Waals surface area (Å²) in [7, 11) is 1.49. The van der Waals surface area contributed by atoms with Crippen molar-refractivity contribution in [3.8, 4) is 5.75 Å². The Bertz CT molecular complexity index is 629. The molecule has 0 radical (unpaired) electrons. The average Bonchev–Trinajstić information content (AvgIpc) is 2.43. The first-order valence-corrected chi connectivity index (χ1v) is 6.07. The molecule has 1 amide bonds.